The fourth-order valence-corrected chi connectivity index (χ4v) is 5.28. The molecule has 1 N–H and O–H groups in total. The molecule has 164 valence electrons. The number of hydrogen-bond acceptors (Lipinski definition) is 3. The molecule has 3 aliphatic rings. The van der Waals surface area contributed by atoms with E-state index in [1.165, 1.54) is 0 Å². The Labute approximate surface area is 173 Å². The van der Waals surface area contributed by atoms with E-state index in [-0.39, 0.29) is 12.1 Å². The molecule has 1 aliphatic heterocycles. The Hall–Kier alpha value is -2.32. The van der Waals surface area contributed by atoms with Gasteiger partial charge < -0.3 is 15.1 Å². The van der Waals surface area contributed by atoms with E-state index in [1.807, 2.05) is 18.9 Å². The summed E-state index contributed by atoms with van der Waals surface area (Å²) in [4.78, 5) is 19.1. The maximum absolute atomic E-state index is 13.8. The van der Waals surface area contributed by atoms with Gasteiger partial charge in [-0.1, -0.05) is 6.92 Å². The number of aliphatic imine (C=N–C) groups is 1. The predicted octanol–water partition coefficient (Wildman–Crippen LogP) is 4.20. The molecule has 2 amide bonds. The molecule has 0 bridgehead atoms. The minimum absolute atomic E-state index is 0.0401. The maximum atomic E-state index is 13.8. The zero-order valence-electron chi connectivity index (χ0n) is 17.0. The first-order valence-electron chi connectivity index (χ1n) is 10.3. The Kier molecular flexibility index (Phi) is 5.18. The monoisotopic (exact) mass is 426 g/mol. The van der Waals surface area contributed by atoms with Gasteiger partial charge in [0.25, 0.3) is 5.92 Å². The molecular weight excluding hydrogens is 400 g/mol. The Bertz CT molecular complexity index is 844. The van der Waals surface area contributed by atoms with Crippen molar-refractivity contribution in [3.05, 3.63) is 23.8 Å². The Balaban J connectivity index is 1.35. The van der Waals surface area contributed by atoms with Gasteiger partial charge in [-0.3, -0.25) is 4.99 Å². The summed E-state index contributed by atoms with van der Waals surface area (Å²) in [6, 6.07) is 1.90. The van der Waals surface area contributed by atoms with Gasteiger partial charge in [0.15, 0.2) is 11.6 Å². The first kappa shape index (κ1) is 20.9. The summed E-state index contributed by atoms with van der Waals surface area (Å²) in [5, 5.41) is 2.93. The van der Waals surface area contributed by atoms with Gasteiger partial charge >= 0.3 is 6.03 Å². The molecule has 1 aromatic rings. The van der Waals surface area contributed by atoms with Crippen LogP contribution in [0.15, 0.2) is 17.1 Å². The first-order chi connectivity index (χ1) is 14.1. The Morgan fingerprint density at radius 2 is 1.90 bits per heavy atom. The largest absolute Gasteiger partial charge is 0.370 e. The van der Waals surface area contributed by atoms with Crippen LogP contribution in [0.25, 0.3) is 0 Å². The van der Waals surface area contributed by atoms with E-state index in [9.17, 15) is 22.4 Å². The fourth-order valence-electron chi connectivity index (χ4n) is 5.28. The molecule has 9 heteroatoms. The maximum Gasteiger partial charge on any atom is 0.318 e. The molecule has 3 fully saturated rings. The molecule has 1 heterocycles. The van der Waals surface area contributed by atoms with Crippen LogP contribution in [0.5, 0.6) is 0 Å². The Morgan fingerprint density at radius 3 is 2.43 bits per heavy atom. The van der Waals surface area contributed by atoms with Gasteiger partial charge in [0.05, 0.1) is 24.5 Å². The smallest absolute Gasteiger partial charge is 0.318 e. The number of benzene rings is 1. The molecule has 1 unspecified atom stereocenters. The summed E-state index contributed by atoms with van der Waals surface area (Å²) in [6.07, 6.45) is 2.48. The van der Waals surface area contributed by atoms with Crippen molar-refractivity contribution in [3.63, 3.8) is 0 Å². The van der Waals surface area contributed by atoms with E-state index in [0.29, 0.717) is 29.1 Å². The van der Waals surface area contributed by atoms with Crippen LogP contribution in [-0.4, -0.2) is 55.8 Å². The molecule has 1 saturated heterocycles. The average molecular weight is 426 g/mol. The highest BCUT2D eigenvalue weighted by molar-refractivity contribution is 5.76. The van der Waals surface area contributed by atoms with Gasteiger partial charge in [-0.2, -0.15) is 0 Å². The van der Waals surface area contributed by atoms with Crippen molar-refractivity contribution in [1.29, 1.82) is 0 Å². The van der Waals surface area contributed by atoms with Gasteiger partial charge in [-0.25, -0.2) is 22.4 Å². The summed E-state index contributed by atoms with van der Waals surface area (Å²) in [5.74, 6) is -3.48. The molecule has 5 nitrogen and oxygen atoms in total. The number of carbonyl (C=O) groups excluding carboxylic acids is 1. The molecule has 2 saturated carbocycles. The number of halogens is 4. The highest BCUT2D eigenvalue weighted by Gasteiger charge is 2.59. The highest BCUT2D eigenvalue weighted by atomic mass is 19.3. The normalized spacial score (nSPS) is 29.6. The van der Waals surface area contributed by atoms with Crippen molar-refractivity contribution < 1.29 is 22.4 Å². The van der Waals surface area contributed by atoms with Gasteiger partial charge in [-0.05, 0) is 43.7 Å². The fraction of sp³-hybridized carbons (Fsp3) is 0.619. The third kappa shape index (κ3) is 3.63. The van der Waals surface area contributed by atoms with Gasteiger partial charge in [-0.15, -0.1) is 0 Å². The van der Waals surface area contributed by atoms with Crippen LogP contribution >= 0.6 is 0 Å². The highest BCUT2D eigenvalue weighted by Crippen LogP contribution is 2.60. The lowest BCUT2D eigenvalue weighted by molar-refractivity contribution is -0.110. The lowest BCUT2D eigenvalue weighted by Crippen LogP contribution is -2.62. The van der Waals surface area contributed by atoms with Crippen LogP contribution in [0.3, 0.4) is 0 Å². The summed E-state index contributed by atoms with van der Waals surface area (Å²) >= 11 is 0. The summed E-state index contributed by atoms with van der Waals surface area (Å²) < 4.78 is 53.3. The van der Waals surface area contributed by atoms with Crippen molar-refractivity contribution in [3.8, 4) is 0 Å². The van der Waals surface area contributed by atoms with E-state index in [0.717, 1.165) is 36.3 Å². The van der Waals surface area contributed by atoms with Crippen LogP contribution in [0.2, 0.25) is 0 Å². The quantitative estimate of drug-likeness (QED) is 0.548. The number of rotatable bonds is 6. The van der Waals surface area contributed by atoms with Crippen molar-refractivity contribution in [1.82, 2.24) is 10.2 Å². The number of anilines is 1. The number of amides is 2. The second kappa shape index (κ2) is 7.42. The van der Waals surface area contributed by atoms with E-state index < -0.39 is 36.7 Å². The number of likely N-dealkylation sites (tertiary alicyclic amines) is 1. The van der Waals surface area contributed by atoms with E-state index in [4.69, 9.17) is 0 Å². The molecule has 0 spiro atoms. The predicted molar refractivity (Wildman–Crippen MR) is 107 cm³/mol. The number of hydrogen-bond donors (Lipinski definition) is 1. The van der Waals surface area contributed by atoms with Crippen molar-refractivity contribution in [2.24, 2.45) is 22.7 Å². The van der Waals surface area contributed by atoms with Gasteiger partial charge in [0.1, 0.15) is 0 Å². The number of carbonyl (C=O) groups is 1. The summed E-state index contributed by atoms with van der Waals surface area (Å²) in [6.45, 7) is 4.39. The lowest BCUT2D eigenvalue weighted by Gasteiger charge is -2.39. The number of fused-ring (bicyclic) bond motifs is 1. The first-order valence-corrected chi connectivity index (χ1v) is 10.3. The molecule has 4 rings (SSSR count). The van der Waals surface area contributed by atoms with Crippen LogP contribution < -0.4 is 10.2 Å². The number of nitrogens with one attached hydrogen (secondary N) is 1. The van der Waals surface area contributed by atoms with Gasteiger partial charge in [0.2, 0.25) is 0 Å². The van der Waals surface area contributed by atoms with Crippen LogP contribution in [-0.2, 0) is 0 Å². The molecule has 30 heavy (non-hydrogen) atoms. The van der Waals surface area contributed by atoms with E-state index in [2.05, 4.69) is 17.0 Å². The van der Waals surface area contributed by atoms with Crippen LogP contribution in [0.4, 0.5) is 33.7 Å². The number of nitrogens with zero attached hydrogens (tertiary/aromatic N) is 3. The topological polar surface area (TPSA) is 47.9 Å². The van der Waals surface area contributed by atoms with Crippen LogP contribution in [0.1, 0.15) is 26.2 Å². The standard InChI is InChI=1S/C21H26F4N4O/c1-4-16(27-20(30)29-9-21(24,25)10-29)19-12-5-11(6-13(12)19)28(3)18-8-15(23)14(22)7-17(18)26-2/h7-8,11-13,16,19H,2,4-6,9-10H2,1,3H3,(H,27,30)/t11?,12-,13+,16-,19+/m1/s1. The molecule has 0 aromatic heterocycles. The number of alkyl halides is 2. The third-order valence-electron chi connectivity index (χ3n) is 6.95. The molecule has 2 aliphatic carbocycles. The number of urea groups is 1. The minimum Gasteiger partial charge on any atom is -0.370 e. The lowest BCUT2D eigenvalue weighted by atomic mass is 9.98. The second-order valence-electron chi connectivity index (χ2n) is 8.73. The van der Waals surface area contributed by atoms with Crippen molar-refractivity contribution in [2.45, 2.75) is 44.2 Å². The molecule has 5 atom stereocenters. The van der Waals surface area contributed by atoms with Crippen LogP contribution in [0, 0.1) is 29.4 Å². The van der Waals surface area contributed by atoms with E-state index >= 15 is 0 Å². The zero-order valence-corrected chi connectivity index (χ0v) is 17.0. The Morgan fingerprint density at radius 1 is 1.30 bits per heavy atom. The average Bonchev–Trinajstić information content (AvgIpc) is 3.16. The zero-order chi connectivity index (χ0) is 21.8. The summed E-state index contributed by atoms with van der Waals surface area (Å²) in [5.41, 5.74) is 0.810. The minimum atomic E-state index is -2.77. The van der Waals surface area contributed by atoms with E-state index in [1.54, 1.807) is 0 Å². The molecule has 1 aromatic carbocycles. The SMILES string of the molecule is C=Nc1cc(F)c(F)cc1N(C)C1C[C@@H]2[C@H](C1)[C@H]2[C@@H](CC)NC(=O)N1CC(F)(F)C1. The summed E-state index contributed by atoms with van der Waals surface area (Å²) in [7, 11) is 1.84. The van der Waals surface area contributed by atoms with Crippen molar-refractivity contribution in [2.75, 3.05) is 25.0 Å². The van der Waals surface area contributed by atoms with Gasteiger partial charge in [0, 0.05) is 31.3 Å². The molecular formula is C21H26F4N4O. The second-order valence-corrected chi connectivity index (χ2v) is 8.73. The third-order valence-corrected chi connectivity index (χ3v) is 6.95. The van der Waals surface area contributed by atoms with Crippen molar-refractivity contribution >= 4 is 24.1 Å². The molecule has 0 radical (unpaired) electrons.